The maximum Gasteiger partial charge on any atom is 0.269 e. The van der Waals surface area contributed by atoms with E-state index in [0.717, 1.165) is 11.6 Å². The minimum Gasteiger partial charge on any atom is -0.368 e. The number of alkyl halides is 2. The van der Waals surface area contributed by atoms with E-state index in [1.54, 1.807) is 6.07 Å². The summed E-state index contributed by atoms with van der Waals surface area (Å²) in [6.45, 7) is 1.02. The number of anilines is 1. The van der Waals surface area contributed by atoms with Crippen molar-refractivity contribution in [1.82, 2.24) is 35.3 Å². The van der Waals surface area contributed by atoms with Crippen molar-refractivity contribution < 1.29 is 13.6 Å². The zero-order valence-electron chi connectivity index (χ0n) is 13.3. The number of rotatable bonds is 7. The molecule has 0 unspecified atom stereocenters. The number of nitrogens with zero attached hydrogens (tertiary/aromatic N) is 5. The van der Waals surface area contributed by atoms with Crippen LogP contribution in [-0.4, -0.2) is 54.9 Å². The summed E-state index contributed by atoms with van der Waals surface area (Å²) in [6.07, 6.45) is 4.26. The van der Waals surface area contributed by atoms with Crippen LogP contribution in [0.25, 0.3) is 11.0 Å². The molecule has 0 radical (unpaired) electrons. The smallest absolute Gasteiger partial charge is 0.269 e. The number of nitrogens with one attached hydrogen (secondary N) is 3. The van der Waals surface area contributed by atoms with E-state index < -0.39 is 12.5 Å². The fraction of sp³-hybridized carbons (Fsp3) is 0.357. The second kappa shape index (κ2) is 6.79. The molecular formula is C14H16F2N8O. The van der Waals surface area contributed by atoms with Gasteiger partial charge < -0.3 is 10.6 Å². The zero-order chi connectivity index (χ0) is 17.9. The Morgan fingerprint density at radius 3 is 2.92 bits per heavy atom. The van der Waals surface area contributed by atoms with Crippen molar-refractivity contribution in [1.29, 1.82) is 0 Å². The predicted octanol–water partition coefficient (Wildman–Crippen LogP) is 1.05. The third kappa shape index (κ3) is 4.25. The van der Waals surface area contributed by atoms with Crippen molar-refractivity contribution >= 4 is 22.8 Å². The molecule has 3 N–H and O–H groups in total. The van der Waals surface area contributed by atoms with Gasteiger partial charge in [-0.2, -0.15) is 10.2 Å². The molecule has 0 aromatic carbocycles. The first-order valence-electron chi connectivity index (χ1n) is 7.50. The molecule has 3 aromatic rings. The molecule has 1 amide bonds. The molecule has 11 heteroatoms. The van der Waals surface area contributed by atoms with Crippen LogP contribution in [0.3, 0.4) is 0 Å². The summed E-state index contributed by atoms with van der Waals surface area (Å²) in [7, 11) is 0. The Hall–Kier alpha value is -3.11. The zero-order valence-corrected chi connectivity index (χ0v) is 13.3. The van der Waals surface area contributed by atoms with Crippen molar-refractivity contribution in [2.24, 2.45) is 0 Å². The molecular weight excluding hydrogens is 334 g/mol. The summed E-state index contributed by atoms with van der Waals surface area (Å²) in [6, 6.07) is 1.56. The fourth-order valence-electron chi connectivity index (χ4n) is 2.23. The van der Waals surface area contributed by atoms with Gasteiger partial charge in [0.1, 0.15) is 24.4 Å². The highest BCUT2D eigenvalue weighted by Crippen LogP contribution is 2.20. The lowest BCUT2D eigenvalue weighted by Gasteiger charge is -2.08. The SMILES string of the molecule is CC(F)(F)Cn1cc2c(NCCNC(=O)c3ccn[nH]3)ncnc2n1. The second-order valence-electron chi connectivity index (χ2n) is 5.51. The van der Waals surface area contributed by atoms with Crippen LogP contribution in [0.4, 0.5) is 14.6 Å². The standard InChI is InChI=1S/C14H16F2N8O/c1-14(15,16)7-24-6-9-11(19-8-20-12(9)23-24)17-4-5-18-13(25)10-2-3-21-22-10/h2-3,6,8H,4-5,7H2,1H3,(H,18,25)(H,21,22)(H,17,19,20,23). The van der Waals surface area contributed by atoms with Gasteiger partial charge in [-0.1, -0.05) is 0 Å². The van der Waals surface area contributed by atoms with Crippen molar-refractivity contribution in [2.75, 3.05) is 18.4 Å². The predicted molar refractivity (Wildman–Crippen MR) is 85.4 cm³/mol. The van der Waals surface area contributed by atoms with Crippen molar-refractivity contribution in [3.8, 4) is 0 Å². The Balaban J connectivity index is 1.60. The first kappa shape index (κ1) is 16.7. The number of aromatic amines is 1. The number of halogens is 2. The molecule has 132 valence electrons. The quantitative estimate of drug-likeness (QED) is 0.549. The molecule has 9 nitrogen and oxygen atoms in total. The molecule has 0 bridgehead atoms. The number of fused-ring (bicyclic) bond motifs is 1. The molecule has 3 rings (SSSR count). The first-order valence-corrected chi connectivity index (χ1v) is 7.50. The summed E-state index contributed by atoms with van der Waals surface area (Å²) in [5.74, 6) is -2.68. The maximum atomic E-state index is 13.1. The summed E-state index contributed by atoms with van der Waals surface area (Å²) < 4.78 is 27.4. The van der Waals surface area contributed by atoms with Crippen molar-refractivity contribution in [2.45, 2.75) is 19.4 Å². The van der Waals surface area contributed by atoms with Gasteiger partial charge in [0.15, 0.2) is 5.65 Å². The Morgan fingerprint density at radius 1 is 1.36 bits per heavy atom. The van der Waals surface area contributed by atoms with Gasteiger partial charge in [0.05, 0.1) is 5.39 Å². The Morgan fingerprint density at radius 2 is 2.20 bits per heavy atom. The Bertz CT molecular complexity index is 855. The molecule has 0 spiro atoms. The first-order chi connectivity index (χ1) is 11.9. The number of hydrogen-bond acceptors (Lipinski definition) is 6. The van der Waals surface area contributed by atoms with E-state index in [4.69, 9.17) is 0 Å². The van der Waals surface area contributed by atoms with E-state index in [1.165, 1.54) is 18.7 Å². The van der Waals surface area contributed by atoms with Crippen LogP contribution in [-0.2, 0) is 6.54 Å². The molecule has 0 aliphatic heterocycles. The summed E-state index contributed by atoms with van der Waals surface area (Å²) in [4.78, 5) is 19.8. The molecule has 0 saturated heterocycles. The maximum absolute atomic E-state index is 13.1. The van der Waals surface area contributed by atoms with E-state index in [9.17, 15) is 13.6 Å². The summed E-state index contributed by atoms with van der Waals surface area (Å²) in [5.41, 5.74) is 0.689. The van der Waals surface area contributed by atoms with E-state index in [-0.39, 0.29) is 5.91 Å². The van der Waals surface area contributed by atoms with Crippen LogP contribution in [0.1, 0.15) is 17.4 Å². The van der Waals surface area contributed by atoms with Gasteiger partial charge in [0.25, 0.3) is 11.8 Å². The normalized spacial score (nSPS) is 11.6. The largest absolute Gasteiger partial charge is 0.368 e. The highest BCUT2D eigenvalue weighted by atomic mass is 19.3. The van der Waals surface area contributed by atoms with E-state index in [2.05, 4.69) is 35.9 Å². The van der Waals surface area contributed by atoms with Gasteiger partial charge in [0.2, 0.25) is 0 Å². The molecule has 0 aliphatic rings. The highest BCUT2D eigenvalue weighted by molar-refractivity contribution is 5.92. The molecule has 0 atom stereocenters. The van der Waals surface area contributed by atoms with Gasteiger partial charge in [0, 0.05) is 32.4 Å². The third-order valence-electron chi connectivity index (χ3n) is 3.25. The van der Waals surface area contributed by atoms with Crippen LogP contribution in [0.5, 0.6) is 0 Å². The topological polar surface area (TPSA) is 113 Å². The average molecular weight is 350 g/mol. The number of amides is 1. The monoisotopic (exact) mass is 350 g/mol. The average Bonchev–Trinajstić information content (AvgIpc) is 3.18. The van der Waals surface area contributed by atoms with Gasteiger partial charge in [-0.3, -0.25) is 14.6 Å². The van der Waals surface area contributed by atoms with Gasteiger partial charge in [-0.25, -0.2) is 18.7 Å². The van der Waals surface area contributed by atoms with Crippen LogP contribution in [0.15, 0.2) is 24.8 Å². The number of aromatic nitrogens is 6. The molecule has 25 heavy (non-hydrogen) atoms. The van der Waals surface area contributed by atoms with E-state index in [1.807, 2.05) is 0 Å². The minimum atomic E-state index is -2.87. The highest BCUT2D eigenvalue weighted by Gasteiger charge is 2.23. The van der Waals surface area contributed by atoms with Crippen molar-refractivity contribution in [3.05, 3.63) is 30.5 Å². The lowest BCUT2D eigenvalue weighted by Crippen LogP contribution is -2.29. The van der Waals surface area contributed by atoms with E-state index >= 15 is 0 Å². The van der Waals surface area contributed by atoms with E-state index in [0.29, 0.717) is 35.6 Å². The number of carbonyl (C=O) groups is 1. The van der Waals surface area contributed by atoms with Gasteiger partial charge in [-0.05, 0) is 6.07 Å². The molecule has 0 aliphatic carbocycles. The van der Waals surface area contributed by atoms with Gasteiger partial charge in [-0.15, -0.1) is 0 Å². The molecule has 0 fully saturated rings. The van der Waals surface area contributed by atoms with Gasteiger partial charge >= 0.3 is 0 Å². The second-order valence-corrected chi connectivity index (χ2v) is 5.51. The molecule has 0 saturated carbocycles. The van der Waals surface area contributed by atoms with Crippen LogP contribution in [0.2, 0.25) is 0 Å². The Labute approximate surface area is 140 Å². The lowest BCUT2D eigenvalue weighted by atomic mass is 10.3. The van der Waals surface area contributed by atoms with Crippen LogP contribution in [0, 0.1) is 0 Å². The number of carbonyl (C=O) groups excluding carboxylic acids is 1. The number of H-pyrrole nitrogens is 1. The third-order valence-corrected chi connectivity index (χ3v) is 3.25. The van der Waals surface area contributed by atoms with Crippen LogP contribution < -0.4 is 10.6 Å². The summed E-state index contributed by atoms with van der Waals surface area (Å²) in [5, 5.41) is 16.5. The van der Waals surface area contributed by atoms with Crippen LogP contribution >= 0.6 is 0 Å². The van der Waals surface area contributed by atoms with Crippen molar-refractivity contribution in [3.63, 3.8) is 0 Å². The molecule has 3 heterocycles. The Kier molecular flexibility index (Phi) is 4.55. The molecule has 3 aromatic heterocycles. The fourth-order valence-corrected chi connectivity index (χ4v) is 2.23. The lowest BCUT2D eigenvalue weighted by molar-refractivity contribution is 0.000769. The minimum absolute atomic E-state index is 0.273. The summed E-state index contributed by atoms with van der Waals surface area (Å²) >= 11 is 0. The number of hydrogen-bond donors (Lipinski definition) is 3.